The van der Waals surface area contributed by atoms with E-state index in [0.29, 0.717) is 22.3 Å². The van der Waals surface area contributed by atoms with Crippen molar-refractivity contribution in [2.24, 2.45) is 0 Å². The summed E-state index contributed by atoms with van der Waals surface area (Å²) in [6.07, 6.45) is -0.332. The molecule has 0 spiro atoms. The Bertz CT molecular complexity index is 703. The fraction of sp³-hybridized carbons (Fsp3) is 0.316. The predicted octanol–water partition coefficient (Wildman–Crippen LogP) is 3.25. The van der Waals surface area contributed by atoms with Crippen LogP contribution in [-0.4, -0.2) is 37.9 Å². The summed E-state index contributed by atoms with van der Waals surface area (Å²) in [5, 5.41) is 11.9. The summed E-state index contributed by atoms with van der Waals surface area (Å²) in [5.41, 5.74) is 2.59. The van der Waals surface area contributed by atoms with Gasteiger partial charge in [0.2, 0.25) is 0 Å². The lowest BCUT2D eigenvalue weighted by molar-refractivity contribution is 0.0277. The van der Waals surface area contributed by atoms with Crippen molar-refractivity contribution >= 4 is 21.8 Å². The van der Waals surface area contributed by atoms with Gasteiger partial charge in [-0.2, -0.15) is 0 Å². The van der Waals surface area contributed by atoms with Crippen LogP contribution in [0.5, 0.6) is 5.75 Å². The monoisotopic (exact) mass is 407 g/mol. The van der Waals surface area contributed by atoms with Gasteiger partial charge in [-0.3, -0.25) is 4.79 Å². The molecule has 1 unspecified atom stereocenters. The molecule has 2 N–H and O–H groups in total. The summed E-state index contributed by atoms with van der Waals surface area (Å²) in [6, 6.07) is 13.1. The molecule has 25 heavy (non-hydrogen) atoms. The number of carbonyl (C=O) groups excluding carboxylic acids is 1. The molecule has 0 bridgehead atoms. The summed E-state index contributed by atoms with van der Waals surface area (Å²) >= 11 is 3.38. The molecule has 0 aliphatic carbocycles. The fourth-order valence-corrected chi connectivity index (χ4v) is 2.76. The van der Waals surface area contributed by atoms with E-state index in [0.717, 1.165) is 11.1 Å². The predicted molar refractivity (Wildman–Crippen MR) is 100.0 cm³/mol. The molecule has 2 aromatic rings. The van der Waals surface area contributed by atoms with E-state index in [1.165, 1.54) is 0 Å². The summed E-state index contributed by atoms with van der Waals surface area (Å²) in [7, 11) is 1.56. The van der Waals surface area contributed by atoms with Crippen LogP contribution < -0.4 is 10.1 Å². The van der Waals surface area contributed by atoms with E-state index in [-0.39, 0.29) is 25.2 Å². The molecule has 0 aromatic heterocycles. The van der Waals surface area contributed by atoms with Crippen LogP contribution in [0.15, 0.2) is 46.9 Å². The Hall–Kier alpha value is -1.89. The van der Waals surface area contributed by atoms with Gasteiger partial charge in [0, 0.05) is 11.0 Å². The van der Waals surface area contributed by atoms with E-state index in [4.69, 9.17) is 14.6 Å². The molecular weight excluding hydrogens is 386 g/mol. The molecular formula is C19H22BrNO4. The largest absolute Gasteiger partial charge is 0.497 e. The van der Waals surface area contributed by atoms with Crippen LogP contribution in [0.2, 0.25) is 0 Å². The van der Waals surface area contributed by atoms with Crippen LogP contribution in [0.25, 0.3) is 0 Å². The second-order valence-electron chi connectivity index (χ2n) is 5.55. The van der Waals surface area contributed by atoms with Gasteiger partial charge in [-0.25, -0.2) is 0 Å². The number of nitrogens with one attached hydrogen (secondary N) is 1. The van der Waals surface area contributed by atoms with Crippen molar-refractivity contribution in [2.75, 3.05) is 26.9 Å². The van der Waals surface area contributed by atoms with Crippen molar-refractivity contribution in [2.45, 2.75) is 13.0 Å². The number of aliphatic hydroxyl groups is 1. The third-order valence-corrected chi connectivity index (χ3v) is 4.42. The maximum atomic E-state index is 12.5. The first-order valence-corrected chi connectivity index (χ1v) is 8.75. The molecule has 0 saturated heterocycles. The Morgan fingerprint density at radius 2 is 1.96 bits per heavy atom. The van der Waals surface area contributed by atoms with Crippen molar-refractivity contribution in [3.8, 4) is 5.75 Å². The average molecular weight is 408 g/mol. The Balaban J connectivity index is 2.09. The summed E-state index contributed by atoms with van der Waals surface area (Å²) < 4.78 is 11.5. The van der Waals surface area contributed by atoms with E-state index in [2.05, 4.69) is 21.2 Å². The number of aryl methyl sites for hydroxylation is 1. The SMILES string of the molecule is COc1ccc(Br)c(C(=O)NCC(OCCO)c2ccc(C)cc2)c1. The number of aliphatic hydroxyl groups excluding tert-OH is 1. The third-order valence-electron chi connectivity index (χ3n) is 3.73. The van der Waals surface area contributed by atoms with Gasteiger partial charge >= 0.3 is 0 Å². The van der Waals surface area contributed by atoms with E-state index in [9.17, 15) is 4.79 Å². The molecule has 0 heterocycles. The molecule has 2 aromatic carbocycles. The van der Waals surface area contributed by atoms with Gasteiger partial charge in [-0.15, -0.1) is 0 Å². The van der Waals surface area contributed by atoms with Crippen molar-refractivity contribution in [3.63, 3.8) is 0 Å². The molecule has 5 nitrogen and oxygen atoms in total. The smallest absolute Gasteiger partial charge is 0.252 e. The van der Waals surface area contributed by atoms with Gasteiger partial charge in [0.25, 0.3) is 5.91 Å². The third kappa shape index (κ3) is 5.56. The number of carbonyl (C=O) groups is 1. The molecule has 1 amide bonds. The molecule has 0 saturated carbocycles. The first-order chi connectivity index (χ1) is 12.0. The maximum Gasteiger partial charge on any atom is 0.252 e. The molecule has 0 aliphatic rings. The standard InChI is InChI=1S/C19H22BrNO4/c1-13-3-5-14(6-4-13)18(25-10-9-22)12-21-19(23)16-11-15(24-2)7-8-17(16)20/h3-8,11,18,22H,9-10,12H2,1-2H3,(H,21,23). The van der Waals surface area contributed by atoms with Gasteiger partial charge in [-0.1, -0.05) is 29.8 Å². The van der Waals surface area contributed by atoms with Gasteiger partial charge in [0.1, 0.15) is 5.75 Å². The topological polar surface area (TPSA) is 67.8 Å². The van der Waals surface area contributed by atoms with Crippen molar-refractivity contribution in [1.29, 1.82) is 0 Å². The normalized spacial score (nSPS) is 11.8. The first-order valence-electron chi connectivity index (χ1n) is 7.96. The second-order valence-corrected chi connectivity index (χ2v) is 6.40. The molecule has 0 radical (unpaired) electrons. The summed E-state index contributed by atoms with van der Waals surface area (Å²) in [4.78, 5) is 12.5. The van der Waals surface area contributed by atoms with Crippen LogP contribution in [-0.2, 0) is 4.74 Å². The zero-order valence-corrected chi connectivity index (χ0v) is 15.9. The molecule has 6 heteroatoms. The van der Waals surface area contributed by atoms with Gasteiger partial charge in [0.05, 0.1) is 32.0 Å². The summed E-state index contributed by atoms with van der Waals surface area (Å²) in [6.45, 7) is 2.44. The molecule has 0 fully saturated rings. The van der Waals surface area contributed by atoms with Crippen molar-refractivity contribution < 1.29 is 19.4 Å². The van der Waals surface area contributed by atoms with Gasteiger partial charge in [-0.05, 0) is 46.6 Å². The van der Waals surface area contributed by atoms with E-state index in [1.54, 1.807) is 25.3 Å². The Morgan fingerprint density at radius 1 is 1.24 bits per heavy atom. The molecule has 134 valence electrons. The minimum atomic E-state index is -0.332. The number of benzene rings is 2. The Labute approximate surface area is 156 Å². The zero-order valence-electron chi connectivity index (χ0n) is 14.3. The summed E-state index contributed by atoms with van der Waals surface area (Å²) in [5.74, 6) is 0.385. The highest BCUT2D eigenvalue weighted by atomic mass is 79.9. The number of ether oxygens (including phenoxy) is 2. The van der Waals surface area contributed by atoms with E-state index in [1.807, 2.05) is 31.2 Å². The van der Waals surface area contributed by atoms with Gasteiger partial charge < -0.3 is 19.9 Å². The number of rotatable bonds is 8. The van der Waals surface area contributed by atoms with Crippen LogP contribution in [0.3, 0.4) is 0 Å². The highest BCUT2D eigenvalue weighted by Gasteiger charge is 2.16. The second kappa shape index (κ2) is 9.56. The van der Waals surface area contributed by atoms with Crippen molar-refractivity contribution in [3.05, 3.63) is 63.6 Å². The fourth-order valence-electron chi connectivity index (χ4n) is 2.34. The molecule has 2 rings (SSSR count). The number of amides is 1. The van der Waals surface area contributed by atoms with Crippen LogP contribution in [0.4, 0.5) is 0 Å². The highest BCUT2D eigenvalue weighted by molar-refractivity contribution is 9.10. The quantitative estimate of drug-likeness (QED) is 0.704. The number of hydrogen-bond donors (Lipinski definition) is 2. The lowest BCUT2D eigenvalue weighted by Crippen LogP contribution is -2.30. The Morgan fingerprint density at radius 3 is 2.60 bits per heavy atom. The van der Waals surface area contributed by atoms with E-state index >= 15 is 0 Å². The van der Waals surface area contributed by atoms with Gasteiger partial charge in [0.15, 0.2) is 0 Å². The lowest BCUT2D eigenvalue weighted by Gasteiger charge is -2.19. The van der Waals surface area contributed by atoms with Crippen LogP contribution in [0.1, 0.15) is 27.6 Å². The lowest BCUT2D eigenvalue weighted by atomic mass is 10.1. The van der Waals surface area contributed by atoms with E-state index < -0.39 is 0 Å². The minimum Gasteiger partial charge on any atom is -0.497 e. The number of methoxy groups -OCH3 is 1. The Kier molecular flexibility index (Phi) is 7.43. The highest BCUT2D eigenvalue weighted by Crippen LogP contribution is 2.23. The number of halogens is 1. The number of hydrogen-bond acceptors (Lipinski definition) is 4. The van der Waals surface area contributed by atoms with Crippen LogP contribution in [0, 0.1) is 6.92 Å². The maximum absolute atomic E-state index is 12.5. The zero-order chi connectivity index (χ0) is 18.2. The minimum absolute atomic E-state index is 0.0717. The van der Waals surface area contributed by atoms with Crippen molar-refractivity contribution in [1.82, 2.24) is 5.32 Å². The average Bonchev–Trinajstić information content (AvgIpc) is 2.63. The first kappa shape index (κ1) is 19.4. The van der Waals surface area contributed by atoms with Crippen LogP contribution >= 0.6 is 15.9 Å². The molecule has 0 aliphatic heterocycles. The molecule has 1 atom stereocenters.